The Morgan fingerprint density at radius 1 is 1.06 bits per heavy atom. The fourth-order valence-electron chi connectivity index (χ4n) is 3.34. The maximum absolute atomic E-state index is 14.0. The van der Waals surface area contributed by atoms with Gasteiger partial charge in [-0.2, -0.15) is 0 Å². The molecule has 0 fully saturated rings. The van der Waals surface area contributed by atoms with Gasteiger partial charge in [0.15, 0.2) is 5.16 Å². The second kappa shape index (κ2) is 9.54. The fraction of sp³-hybridized carbons (Fsp3) is 0.167. The Balaban J connectivity index is 1.64. The number of hydrogen-bond donors (Lipinski definition) is 0. The number of halogens is 2. The third-order valence-electron chi connectivity index (χ3n) is 5.05. The maximum atomic E-state index is 14.0. The predicted molar refractivity (Wildman–Crippen MR) is 127 cm³/mol. The largest absolute Gasteiger partial charge is 0.374 e. The molecule has 0 saturated carbocycles. The number of benzene rings is 2. The van der Waals surface area contributed by atoms with Crippen molar-refractivity contribution in [2.75, 3.05) is 24.2 Å². The van der Waals surface area contributed by atoms with E-state index in [0.717, 1.165) is 45.6 Å². The first-order valence-corrected chi connectivity index (χ1v) is 11.2. The van der Waals surface area contributed by atoms with E-state index in [-0.39, 0.29) is 5.82 Å². The third-order valence-corrected chi connectivity index (χ3v) is 6.24. The molecular weight excluding hydrogens is 431 g/mol. The summed E-state index contributed by atoms with van der Waals surface area (Å²) < 4.78 is 16.1. The zero-order valence-corrected chi connectivity index (χ0v) is 18.9. The van der Waals surface area contributed by atoms with Gasteiger partial charge < -0.3 is 4.90 Å². The smallest absolute Gasteiger partial charge is 0.173 e. The molecule has 2 heterocycles. The highest BCUT2D eigenvalue weighted by Crippen LogP contribution is 2.32. The lowest BCUT2D eigenvalue weighted by atomic mass is 10.1. The van der Waals surface area contributed by atoms with Crippen molar-refractivity contribution in [1.82, 2.24) is 14.5 Å². The molecule has 158 valence electrons. The minimum absolute atomic E-state index is 0.266. The summed E-state index contributed by atoms with van der Waals surface area (Å²) in [6.07, 6.45) is 5.39. The molecule has 4 rings (SSSR count). The molecule has 0 spiro atoms. The number of anilines is 1. The number of hydrogen-bond acceptors (Lipinski definition) is 4. The van der Waals surface area contributed by atoms with Crippen LogP contribution in [0.1, 0.15) is 5.56 Å². The molecule has 0 bridgehead atoms. The van der Waals surface area contributed by atoms with Crippen LogP contribution in [0.4, 0.5) is 10.1 Å². The zero-order chi connectivity index (χ0) is 21.8. The molecular formula is C24H22ClFN4S. The Kier molecular flexibility index (Phi) is 6.59. The van der Waals surface area contributed by atoms with Gasteiger partial charge in [0, 0.05) is 53.7 Å². The van der Waals surface area contributed by atoms with E-state index in [0.29, 0.717) is 5.02 Å². The van der Waals surface area contributed by atoms with Gasteiger partial charge in [0.05, 0.1) is 11.9 Å². The minimum atomic E-state index is -0.266. The summed E-state index contributed by atoms with van der Waals surface area (Å²) >= 11 is 7.77. The Hall–Kier alpha value is -2.83. The first-order chi connectivity index (χ1) is 15.0. The quantitative estimate of drug-likeness (QED) is 0.310. The van der Waals surface area contributed by atoms with Crippen molar-refractivity contribution in [3.05, 3.63) is 89.6 Å². The van der Waals surface area contributed by atoms with Crippen molar-refractivity contribution >= 4 is 29.1 Å². The molecule has 31 heavy (non-hydrogen) atoms. The van der Waals surface area contributed by atoms with Crippen molar-refractivity contribution in [3.8, 4) is 16.9 Å². The lowest BCUT2D eigenvalue weighted by Crippen LogP contribution is -2.20. The molecule has 0 atom stereocenters. The van der Waals surface area contributed by atoms with E-state index in [9.17, 15) is 4.39 Å². The third kappa shape index (κ3) is 4.92. The summed E-state index contributed by atoms with van der Waals surface area (Å²) in [5.41, 5.74) is 4.72. The van der Waals surface area contributed by atoms with Crippen LogP contribution in [-0.4, -0.2) is 33.9 Å². The second-order valence-electron chi connectivity index (χ2n) is 7.17. The van der Waals surface area contributed by atoms with E-state index in [1.807, 2.05) is 49.5 Å². The number of aromatic nitrogens is 3. The first kappa shape index (κ1) is 21.4. The summed E-state index contributed by atoms with van der Waals surface area (Å²) in [7, 11) is 2.06. The summed E-state index contributed by atoms with van der Waals surface area (Å²) in [5, 5.41) is 1.52. The van der Waals surface area contributed by atoms with Crippen LogP contribution in [0.15, 0.2) is 78.3 Å². The summed E-state index contributed by atoms with van der Waals surface area (Å²) in [6.45, 7) is 2.82. The highest BCUT2D eigenvalue weighted by atomic mass is 35.5. The average molecular weight is 453 g/mol. The molecule has 7 heteroatoms. The SMILES string of the molecule is Cc1ccc(F)cc1-c1cnc(SCCN(C)c2ccncc2)n1-c1ccc(Cl)cc1. The van der Waals surface area contributed by atoms with Crippen LogP contribution in [0.2, 0.25) is 5.02 Å². The molecule has 0 N–H and O–H groups in total. The number of pyridine rings is 1. The van der Waals surface area contributed by atoms with Crippen molar-refractivity contribution in [2.45, 2.75) is 12.1 Å². The van der Waals surface area contributed by atoms with Crippen LogP contribution in [0.5, 0.6) is 0 Å². The van der Waals surface area contributed by atoms with E-state index in [4.69, 9.17) is 11.6 Å². The lowest BCUT2D eigenvalue weighted by molar-refractivity contribution is 0.627. The predicted octanol–water partition coefficient (Wildman–Crippen LogP) is 6.26. The van der Waals surface area contributed by atoms with Crippen LogP contribution in [0, 0.1) is 12.7 Å². The lowest BCUT2D eigenvalue weighted by Gasteiger charge is -2.19. The fourth-order valence-corrected chi connectivity index (χ4v) is 4.47. The summed E-state index contributed by atoms with van der Waals surface area (Å²) in [4.78, 5) is 10.9. The van der Waals surface area contributed by atoms with E-state index in [1.165, 1.54) is 6.07 Å². The highest BCUT2D eigenvalue weighted by Gasteiger charge is 2.16. The Morgan fingerprint density at radius 2 is 1.81 bits per heavy atom. The molecule has 0 radical (unpaired) electrons. The zero-order valence-electron chi connectivity index (χ0n) is 17.3. The van der Waals surface area contributed by atoms with Crippen molar-refractivity contribution in [3.63, 3.8) is 0 Å². The van der Waals surface area contributed by atoms with E-state index in [2.05, 4.69) is 26.5 Å². The molecule has 0 aliphatic rings. The number of aryl methyl sites for hydroxylation is 1. The molecule has 0 aliphatic carbocycles. The van der Waals surface area contributed by atoms with Crippen LogP contribution >= 0.6 is 23.4 Å². The molecule has 2 aromatic heterocycles. The van der Waals surface area contributed by atoms with Crippen LogP contribution in [0.25, 0.3) is 16.9 Å². The number of rotatable bonds is 7. The van der Waals surface area contributed by atoms with Crippen molar-refractivity contribution < 1.29 is 4.39 Å². The summed E-state index contributed by atoms with van der Waals surface area (Å²) in [5.74, 6) is 0.572. The van der Waals surface area contributed by atoms with Gasteiger partial charge in [0.1, 0.15) is 5.82 Å². The first-order valence-electron chi connectivity index (χ1n) is 9.87. The molecule has 4 aromatic rings. The number of nitrogens with zero attached hydrogens (tertiary/aromatic N) is 4. The van der Waals surface area contributed by atoms with Crippen molar-refractivity contribution in [2.24, 2.45) is 0 Å². The van der Waals surface area contributed by atoms with E-state index >= 15 is 0 Å². The number of imidazole rings is 1. The monoisotopic (exact) mass is 452 g/mol. The van der Waals surface area contributed by atoms with Gasteiger partial charge in [-0.15, -0.1) is 0 Å². The van der Waals surface area contributed by atoms with Gasteiger partial charge in [-0.1, -0.05) is 29.4 Å². The maximum Gasteiger partial charge on any atom is 0.173 e. The van der Waals surface area contributed by atoms with E-state index < -0.39 is 0 Å². The average Bonchev–Trinajstić information content (AvgIpc) is 3.20. The van der Waals surface area contributed by atoms with Crippen molar-refractivity contribution in [1.29, 1.82) is 0 Å². The molecule has 2 aromatic carbocycles. The van der Waals surface area contributed by atoms with Crippen LogP contribution in [-0.2, 0) is 0 Å². The van der Waals surface area contributed by atoms with Gasteiger partial charge in [-0.25, -0.2) is 9.37 Å². The second-order valence-corrected chi connectivity index (χ2v) is 8.67. The highest BCUT2D eigenvalue weighted by molar-refractivity contribution is 7.99. The van der Waals surface area contributed by atoms with Crippen LogP contribution < -0.4 is 4.90 Å². The van der Waals surface area contributed by atoms with Gasteiger partial charge in [0.2, 0.25) is 0 Å². The standard InChI is InChI=1S/C24H22ClFN4S/c1-17-3-6-19(26)15-22(17)23-16-28-24(30(23)21-7-4-18(25)5-8-21)31-14-13-29(2)20-9-11-27-12-10-20/h3-12,15-16H,13-14H2,1-2H3. The Labute approximate surface area is 190 Å². The topological polar surface area (TPSA) is 34.0 Å². The van der Waals surface area contributed by atoms with E-state index in [1.54, 1.807) is 36.3 Å². The molecule has 0 unspecified atom stereocenters. The summed E-state index contributed by atoms with van der Waals surface area (Å²) in [6, 6.07) is 16.4. The molecule has 0 saturated heterocycles. The number of thioether (sulfide) groups is 1. The van der Waals surface area contributed by atoms with Gasteiger partial charge in [0.25, 0.3) is 0 Å². The van der Waals surface area contributed by atoms with Gasteiger partial charge in [-0.05, 0) is 61.0 Å². The Bertz CT molecular complexity index is 1160. The van der Waals surface area contributed by atoms with Gasteiger partial charge >= 0.3 is 0 Å². The van der Waals surface area contributed by atoms with Gasteiger partial charge in [-0.3, -0.25) is 9.55 Å². The van der Waals surface area contributed by atoms with Crippen LogP contribution in [0.3, 0.4) is 0 Å². The Morgan fingerprint density at radius 3 is 2.55 bits per heavy atom. The molecule has 4 nitrogen and oxygen atoms in total. The molecule has 0 aliphatic heterocycles. The minimum Gasteiger partial charge on any atom is -0.374 e. The normalized spacial score (nSPS) is 11.0. The molecule has 0 amide bonds.